The van der Waals surface area contributed by atoms with Crippen LogP contribution in [0.3, 0.4) is 0 Å². The number of pyridine rings is 1. The van der Waals surface area contributed by atoms with Gasteiger partial charge in [0.2, 0.25) is 0 Å². The summed E-state index contributed by atoms with van der Waals surface area (Å²) in [6, 6.07) is 5.46. The maximum absolute atomic E-state index is 11.7. The first-order valence-electron chi connectivity index (χ1n) is 5.38. The Bertz CT molecular complexity index is 560. The van der Waals surface area contributed by atoms with Gasteiger partial charge in [-0.1, -0.05) is 6.07 Å². The lowest BCUT2D eigenvalue weighted by Crippen LogP contribution is -2.07. The van der Waals surface area contributed by atoms with E-state index in [1.807, 2.05) is 25.1 Å². The minimum atomic E-state index is -0.407. The first-order valence-corrected chi connectivity index (χ1v) is 5.38. The lowest BCUT2D eigenvalue weighted by Gasteiger charge is -2.04. The van der Waals surface area contributed by atoms with Gasteiger partial charge in [-0.3, -0.25) is 4.40 Å². The Morgan fingerprint density at radius 2 is 2.24 bits per heavy atom. The van der Waals surface area contributed by atoms with Gasteiger partial charge in [0.25, 0.3) is 0 Å². The largest absolute Gasteiger partial charge is 0.482 e. The van der Waals surface area contributed by atoms with Crippen molar-refractivity contribution < 1.29 is 14.3 Å². The smallest absolute Gasteiger partial charge is 0.358 e. The molecule has 90 valence electrons. The molecule has 2 aromatic rings. The van der Waals surface area contributed by atoms with Crippen molar-refractivity contribution in [3.05, 3.63) is 29.6 Å². The molecule has 0 radical (unpaired) electrons. The summed E-state index contributed by atoms with van der Waals surface area (Å²) in [6.45, 7) is 3.92. The second-order valence-corrected chi connectivity index (χ2v) is 3.53. The number of esters is 1. The molecule has 2 rings (SSSR count). The van der Waals surface area contributed by atoms with Gasteiger partial charge in [0, 0.05) is 0 Å². The van der Waals surface area contributed by atoms with E-state index in [4.69, 9.17) is 9.47 Å². The molecule has 0 aromatic carbocycles. The Balaban J connectivity index is 2.61. The summed E-state index contributed by atoms with van der Waals surface area (Å²) < 4.78 is 12.0. The molecular weight excluding hydrogens is 220 g/mol. The number of hydrogen-bond acceptors (Lipinski definition) is 4. The molecule has 0 aliphatic heterocycles. The monoisotopic (exact) mass is 234 g/mol. The average molecular weight is 234 g/mol. The number of carbonyl (C=O) groups is 1. The molecule has 0 saturated carbocycles. The van der Waals surface area contributed by atoms with Gasteiger partial charge in [-0.2, -0.15) is 0 Å². The van der Waals surface area contributed by atoms with E-state index in [1.165, 1.54) is 0 Å². The van der Waals surface area contributed by atoms with Crippen molar-refractivity contribution >= 4 is 11.6 Å². The molecule has 17 heavy (non-hydrogen) atoms. The van der Waals surface area contributed by atoms with E-state index in [1.54, 1.807) is 18.4 Å². The molecule has 0 bridgehead atoms. The zero-order valence-corrected chi connectivity index (χ0v) is 10.1. The fraction of sp³-hybridized carbons (Fsp3) is 0.333. The van der Waals surface area contributed by atoms with Crippen molar-refractivity contribution in [1.29, 1.82) is 0 Å². The molecule has 0 amide bonds. The maximum atomic E-state index is 11.7. The standard InChI is InChI=1S/C12H14N2O3/c1-4-17-12(15)11-8(2)14-9(13-11)6-5-7-10(14)16-3/h5-7H,4H2,1-3H3. The van der Waals surface area contributed by atoms with Crippen LogP contribution in [0, 0.1) is 6.92 Å². The SMILES string of the molecule is CCOC(=O)c1nc2cccc(OC)n2c1C. The summed E-state index contributed by atoms with van der Waals surface area (Å²) in [7, 11) is 1.58. The molecule has 0 atom stereocenters. The highest BCUT2D eigenvalue weighted by atomic mass is 16.5. The molecule has 2 aromatic heterocycles. The molecule has 0 fully saturated rings. The van der Waals surface area contributed by atoms with E-state index in [2.05, 4.69) is 4.98 Å². The van der Waals surface area contributed by atoms with Crippen molar-refractivity contribution in [1.82, 2.24) is 9.38 Å². The number of methoxy groups -OCH3 is 1. The van der Waals surface area contributed by atoms with Crippen molar-refractivity contribution in [2.24, 2.45) is 0 Å². The Morgan fingerprint density at radius 1 is 1.47 bits per heavy atom. The summed E-state index contributed by atoms with van der Waals surface area (Å²) in [5, 5.41) is 0. The van der Waals surface area contributed by atoms with Gasteiger partial charge in [0.15, 0.2) is 11.6 Å². The normalized spacial score (nSPS) is 10.5. The summed E-state index contributed by atoms with van der Waals surface area (Å²) >= 11 is 0. The zero-order chi connectivity index (χ0) is 12.4. The quantitative estimate of drug-likeness (QED) is 0.760. The van der Waals surface area contributed by atoms with E-state index in [-0.39, 0.29) is 0 Å². The van der Waals surface area contributed by atoms with Crippen LogP contribution in [0.2, 0.25) is 0 Å². The first-order chi connectivity index (χ1) is 8.19. The summed E-state index contributed by atoms with van der Waals surface area (Å²) in [5.74, 6) is 0.235. The molecule has 0 aliphatic carbocycles. The van der Waals surface area contributed by atoms with Gasteiger partial charge in [-0.25, -0.2) is 9.78 Å². The number of aryl methyl sites for hydroxylation is 1. The van der Waals surface area contributed by atoms with Crippen molar-refractivity contribution in [3.8, 4) is 5.88 Å². The van der Waals surface area contributed by atoms with Crippen LogP contribution in [0.1, 0.15) is 23.1 Å². The molecule has 0 aliphatic rings. The zero-order valence-electron chi connectivity index (χ0n) is 10.1. The molecule has 2 heterocycles. The van der Waals surface area contributed by atoms with E-state index in [9.17, 15) is 4.79 Å². The molecule has 0 spiro atoms. The van der Waals surface area contributed by atoms with Gasteiger partial charge in [-0.15, -0.1) is 0 Å². The molecular formula is C12H14N2O3. The highest BCUT2D eigenvalue weighted by molar-refractivity contribution is 5.89. The number of nitrogens with zero attached hydrogens (tertiary/aromatic N) is 2. The van der Waals surface area contributed by atoms with Gasteiger partial charge < -0.3 is 9.47 Å². The maximum Gasteiger partial charge on any atom is 0.358 e. The predicted molar refractivity (Wildman–Crippen MR) is 62.4 cm³/mol. The minimum absolute atomic E-state index is 0.330. The fourth-order valence-electron chi connectivity index (χ4n) is 1.76. The van der Waals surface area contributed by atoms with Gasteiger partial charge in [-0.05, 0) is 26.0 Å². The predicted octanol–water partition coefficient (Wildman–Crippen LogP) is 1.83. The average Bonchev–Trinajstić information content (AvgIpc) is 2.67. The Hall–Kier alpha value is -2.04. The molecule has 0 N–H and O–H groups in total. The second kappa shape index (κ2) is 4.45. The fourth-order valence-corrected chi connectivity index (χ4v) is 1.76. The number of carbonyl (C=O) groups excluding carboxylic acids is 1. The van der Waals surface area contributed by atoms with Crippen molar-refractivity contribution in [3.63, 3.8) is 0 Å². The van der Waals surface area contributed by atoms with Gasteiger partial charge >= 0.3 is 5.97 Å². The van der Waals surface area contributed by atoms with Crippen molar-refractivity contribution in [2.75, 3.05) is 13.7 Å². The highest BCUT2D eigenvalue weighted by Crippen LogP contribution is 2.20. The van der Waals surface area contributed by atoms with E-state index in [0.717, 1.165) is 5.69 Å². The van der Waals surface area contributed by atoms with Crippen LogP contribution in [0.25, 0.3) is 5.65 Å². The van der Waals surface area contributed by atoms with Gasteiger partial charge in [0.05, 0.1) is 19.4 Å². The Labute approximate surface area is 99.0 Å². The van der Waals surface area contributed by atoms with Crippen LogP contribution in [-0.2, 0) is 4.74 Å². The summed E-state index contributed by atoms with van der Waals surface area (Å²) in [4.78, 5) is 15.9. The van der Waals surface area contributed by atoms with Crippen LogP contribution < -0.4 is 4.74 Å². The molecule has 0 unspecified atom stereocenters. The number of ether oxygens (including phenoxy) is 2. The molecule has 5 heteroatoms. The third-order valence-electron chi connectivity index (χ3n) is 2.52. The number of rotatable bonds is 3. The topological polar surface area (TPSA) is 52.8 Å². The first kappa shape index (κ1) is 11.4. The van der Waals surface area contributed by atoms with Crippen LogP contribution in [0.4, 0.5) is 0 Å². The van der Waals surface area contributed by atoms with Crippen molar-refractivity contribution in [2.45, 2.75) is 13.8 Å². The van der Waals surface area contributed by atoms with Crippen LogP contribution >= 0.6 is 0 Å². The lowest BCUT2D eigenvalue weighted by atomic mass is 10.3. The second-order valence-electron chi connectivity index (χ2n) is 3.53. The molecule has 5 nitrogen and oxygen atoms in total. The van der Waals surface area contributed by atoms with Crippen LogP contribution in [-0.4, -0.2) is 29.1 Å². The number of aromatic nitrogens is 2. The van der Waals surface area contributed by atoms with Crippen LogP contribution in [0.15, 0.2) is 18.2 Å². The van der Waals surface area contributed by atoms with Gasteiger partial charge in [0.1, 0.15) is 5.65 Å². The lowest BCUT2D eigenvalue weighted by molar-refractivity contribution is 0.0519. The third kappa shape index (κ3) is 1.84. The van der Waals surface area contributed by atoms with E-state index >= 15 is 0 Å². The Kier molecular flexibility index (Phi) is 2.99. The minimum Gasteiger partial charge on any atom is -0.482 e. The summed E-state index contributed by atoms with van der Waals surface area (Å²) in [6.07, 6.45) is 0. The molecule has 0 saturated heterocycles. The Morgan fingerprint density at radius 3 is 2.88 bits per heavy atom. The van der Waals surface area contributed by atoms with Crippen LogP contribution in [0.5, 0.6) is 5.88 Å². The highest BCUT2D eigenvalue weighted by Gasteiger charge is 2.18. The number of hydrogen-bond donors (Lipinski definition) is 0. The summed E-state index contributed by atoms with van der Waals surface area (Å²) in [5.41, 5.74) is 1.72. The van der Waals surface area contributed by atoms with E-state index in [0.29, 0.717) is 23.8 Å². The van der Waals surface area contributed by atoms with E-state index < -0.39 is 5.97 Å². The number of fused-ring (bicyclic) bond motifs is 1. The number of imidazole rings is 1. The third-order valence-corrected chi connectivity index (χ3v) is 2.52.